The number of nitrogens with two attached hydrogens (primary N) is 1. The fraction of sp³-hybridized carbons (Fsp3) is 0. The lowest BCUT2D eigenvalue weighted by atomic mass is 10.1. The Morgan fingerprint density at radius 2 is 1.61 bits per heavy atom. The van der Waals surface area contributed by atoms with Gasteiger partial charge in [0.15, 0.2) is 0 Å². The third-order valence-corrected chi connectivity index (χ3v) is 2.71. The highest BCUT2D eigenvalue weighted by molar-refractivity contribution is 5.81. The summed E-state index contributed by atoms with van der Waals surface area (Å²) in [6.45, 7) is 0. The third-order valence-electron chi connectivity index (χ3n) is 2.71. The second-order valence-corrected chi connectivity index (χ2v) is 4.03. The molecule has 6 nitrogen and oxygen atoms in total. The molecule has 0 fully saturated rings. The molecule has 0 saturated carbocycles. The van der Waals surface area contributed by atoms with Crippen molar-refractivity contribution in [2.24, 2.45) is 0 Å². The zero-order valence-electron chi connectivity index (χ0n) is 9.28. The monoisotopic (exact) mass is 242 g/mol. The molecule has 0 spiro atoms. The van der Waals surface area contributed by atoms with Crippen molar-refractivity contribution in [2.45, 2.75) is 0 Å². The number of rotatable bonds is 1. The lowest BCUT2D eigenvalue weighted by molar-refractivity contribution is 1.21. The van der Waals surface area contributed by atoms with Crippen LogP contribution in [0.5, 0.6) is 0 Å². The summed E-state index contributed by atoms with van der Waals surface area (Å²) in [4.78, 5) is 30.3. The van der Waals surface area contributed by atoms with Crippen molar-refractivity contribution >= 4 is 16.9 Å². The summed E-state index contributed by atoms with van der Waals surface area (Å²) in [6.07, 6.45) is 0. The van der Waals surface area contributed by atoms with E-state index in [4.69, 9.17) is 5.73 Å². The van der Waals surface area contributed by atoms with Crippen molar-refractivity contribution in [3.8, 4) is 11.1 Å². The maximum Gasteiger partial charge on any atom is 0.323 e. The van der Waals surface area contributed by atoms with Gasteiger partial charge in [-0.15, -0.1) is 0 Å². The molecule has 6 heteroatoms. The molecule has 1 aromatic carbocycles. The molecule has 3 rings (SSSR count). The number of H-pyrrole nitrogens is 3. The van der Waals surface area contributed by atoms with E-state index in [0.29, 0.717) is 16.9 Å². The van der Waals surface area contributed by atoms with Crippen LogP contribution in [0.15, 0.2) is 39.9 Å². The van der Waals surface area contributed by atoms with Gasteiger partial charge in [0, 0.05) is 6.07 Å². The molecule has 0 bridgehead atoms. The number of imidazole rings is 1. The number of aromatic amines is 3. The number of nitrogen functional groups attached to an aromatic ring is 1. The van der Waals surface area contributed by atoms with Crippen LogP contribution in [0.25, 0.3) is 22.2 Å². The van der Waals surface area contributed by atoms with E-state index in [1.807, 2.05) is 6.07 Å². The van der Waals surface area contributed by atoms with Crippen molar-refractivity contribution in [1.29, 1.82) is 0 Å². The van der Waals surface area contributed by atoms with Gasteiger partial charge in [0.1, 0.15) is 5.82 Å². The van der Waals surface area contributed by atoms with Gasteiger partial charge < -0.3 is 20.7 Å². The number of pyridine rings is 1. The van der Waals surface area contributed by atoms with Gasteiger partial charge in [-0.1, -0.05) is 6.07 Å². The summed E-state index contributed by atoms with van der Waals surface area (Å²) in [5.74, 6) is 0.306. The largest absolute Gasteiger partial charge is 0.385 e. The van der Waals surface area contributed by atoms with Gasteiger partial charge in [-0.2, -0.15) is 0 Å². The molecule has 18 heavy (non-hydrogen) atoms. The number of aromatic nitrogens is 3. The first kappa shape index (κ1) is 10.4. The van der Waals surface area contributed by atoms with Crippen molar-refractivity contribution < 1.29 is 0 Å². The highest BCUT2D eigenvalue weighted by atomic mass is 16.1. The number of hydrogen-bond donors (Lipinski definition) is 4. The van der Waals surface area contributed by atoms with Crippen LogP contribution in [-0.4, -0.2) is 15.0 Å². The molecule has 0 aliphatic rings. The Balaban J connectivity index is 2.24. The molecule has 0 aliphatic heterocycles. The minimum atomic E-state index is -0.257. The van der Waals surface area contributed by atoms with Gasteiger partial charge in [-0.05, 0) is 29.3 Å². The van der Waals surface area contributed by atoms with E-state index >= 15 is 0 Å². The summed E-state index contributed by atoms with van der Waals surface area (Å²) in [7, 11) is 0. The van der Waals surface area contributed by atoms with Crippen LogP contribution in [0.4, 0.5) is 5.82 Å². The average Bonchev–Trinajstić information content (AvgIpc) is 2.66. The SMILES string of the molecule is Nc1cc(-c2ccc3[nH]c(=O)[nH]c3c2)cc(=O)[nH]1. The Morgan fingerprint density at radius 1 is 0.833 bits per heavy atom. The first-order chi connectivity index (χ1) is 8.61. The predicted molar refractivity (Wildman–Crippen MR) is 69.4 cm³/mol. The van der Waals surface area contributed by atoms with Crippen LogP contribution in [0.3, 0.4) is 0 Å². The molecule has 0 amide bonds. The molecule has 90 valence electrons. The van der Waals surface area contributed by atoms with E-state index in [0.717, 1.165) is 11.1 Å². The van der Waals surface area contributed by atoms with Crippen LogP contribution < -0.4 is 17.0 Å². The summed E-state index contributed by atoms with van der Waals surface area (Å²) < 4.78 is 0. The first-order valence-electron chi connectivity index (χ1n) is 5.34. The minimum Gasteiger partial charge on any atom is -0.385 e. The Hall–Kier alpha value is -2.76. The molecule has 2 heterocycles. The maximum atomic E-state index is 11.4. The van der Waals surface area contributed by atoms with Gasteiger partial charge >= 0.3 is 5.69 Å². The highest BCUT2D eigenvalue weighted by Gasteiger charge is 2.03. The summed E-state index contributed by atoms with van der Waals surface area (Å²) in [5.41, 5.74) is 8.02. The quantitative estimate of drug-likeness (QED) is 0.506. The van der Waals surface area contributed by atoms with E-state index < -0.39 is 0 Å². The average molecular weight is 242 g/mol. The number of benzene rings is 1. The van der Waals surface area contributed by atoms with E-state index in [9.17, 15) is 9.59 Å². The predicted octanol–water partition coefficient (Wildman–Crippen LogP) is 0.794. The molecule has 0 aliphatic carbocycles. The van der Waals surface area contributed by atoms with Crippen LogP contribution >= 0.6 is 0 Å². The van der Waals surface area contributed by atoms with Crippen molar-refractivity contribution in [3.63, 3.8) is 0 Å². The van der Waals surface area contributed by atoms with Crippen LogP contribution in [-0.2, 0) is 0 Å². The van der Waals surface area contributed by atoms with Crippen molar-refractivity contribution in [1.82, 2.24) is 15.0 Å². The second kappa shape index (κ2) is 3.63. The van der Waals surface area contributed by atoms with Crippen LogP contribution in [0, 0.1) is 0 Å². The molecule has 0 saturated heterocycles. The molecular weight excluding hydrogens is 232 g/mol. The van der Waals surface area contributed by atoms with Gasteiger partial charge in [0.25, 0.3) is 0 Å². The smallest absolute Gasteiger partial charge is 0.323 e. The molecule has 0 radical (unpaired) electrons. The lowest BCUT2D eigenvalue weighted by Gasteiger charge is -2.02. The zero-order chi connectivity index (χ0) is 12.7. The number of nitrogens with one attached hydrogen (secondary N) is 3. The van der Waals surface area contributed by atoms with Gasteiger partial charge in [0.05, 0.1) is 11.0 Å². The molecule has 0 atom stereocenters. The minimum absolute atomic E-state index is 0.257. The summed E-state index contributed by atoms with van der Waals surface area (Å²) in [5, 5.41) is 0. The van der Waals surface area contributed by atoms with E-state index in [1.165, 1.54) is 6.07 Å². The Morgan fingerprint density at radius 3 is 2.39 bits per heavy atom. The zero-order valence-corrected chi connectivity index (χ0v) is 9.28. The molecule has 5 N–H and O–H groups in total. The van der Waals surface area contributed by atoms with Crippen molar-refractivity contribution in [3.05, 3.63) is 51.2 Å². The first-order valence-corrected chi connectivity index (χ1v) is 5.34. The fourth-order valence-electron chi connectivity index (χ4n) is 1.94. The Bertz CT molecular complexity index is 841. The van der Waals surface area contributed by atoms with Crippen molar-refractivity contribution in [2.75, 3.05) is 5.73 Å². The second-order valence-electron chi connectivity index (χ2n) is 4.03. The Kier molecular flexibility index (Phi) is 2.09. The number of hydrogen-bond acceptors (Lipinski definition) is 3. The standard InChI is InChI=1S/C12H10N4O2/c13-10-4-7(5-11(17)16-10)6-1-2-8-9(3-6)15-12(18)14-8/h1-5H,(H3,13,16,17)(H2,14,15,18). The van der Waals surface area contributed by atoms with E-state index in [-0.39, 0.29) is 11.2 Å². The summed E-state index contributed by atoms with van der Waals surface area (Å²) >= 11 is 0. The van der Waals surface area contributed by atoms with Crippen LogP contribution in [0.2, 0.25) is 0 Å². The fourth-order valence-corrected chi connectivity index (χ4v) is 1.94. The number of fused-ring (bicyclic) bond motifs is 1. The normalized spacial score (nSPS) is 10.9. The van der Waals surface area contributed by atoms with Gasteiger partial charge in [-0.25, -0.2) is 4.79 Å². The summed E-state index contributed by atoms with van der Waals surface area (Å²) in [6, 6.07) is 8.53. The van der Waals surface area contributed by atoms with Crippen LogP contribution in [0.1, 0.15) is 0 Å². The maximum absolute atomic E-state index is 11.4. The van der Waals surface area contributed by atoms with Gasteiger partial charge in [-0.3, -0.25) is 4.79 Å². The van der Waals surface area contributed by atoms with E-state index in [1.54, 1.807) is 18.2 Å². The molecular formula is C12H10N4O2. The topological polar surface area (TPSA) is 108 Å². The highest BCUT2D eigenvalue weighted by Crippen LogP contribution is 2.21. The molecule has 2 aromatic heterocycles. The van der Waals surface area contributed by atoms with E-state index in [2.05, 4.69) is 15.0 Å². The Labute approximate surface area is 100 Å². The molecule has 3 aromatic rings. The van der Waals surface area contributed by atoms with Gasteiger partial charge in [0.2, 0.25) is 5.56 Å². The molecule has 0 unspecified atom stereocenters. The third kappa shape index (κ3) is 1.69. The lowest BCUT2D eigenvalue weighted by Crippen LogP contribution is -2.07. The number of anilines is 1.